The SMILES string of the molecule is C#CCn1c(=NC(=O)c2cc3ccccc3cc2OC)sc2cc(C(=O)OC)ccc21. The van der Waals surface area contributed by atoms with Gasteiger partial charge < -0.3 is 14.0 Å². The standard InChI is InChI=1S/C24H18N2O4S/c1-4-11-26-19-10-9-17(23(28)30-3)14-21(19)31-24(26)25-22(27)18-12-15-7-5-6-8-16(15)13-20(18)29-2/h1,5-10,12-14H,11H2,2-3H3. The van der Waals surface area contributed by atoms with Gasteiger partial charge in [0, 0.05) is 0 Å². The summed E-state index contributed by atoms with van der Waals surface area (Å²) in [6.45, 7) is 0.235. The van der Waals surface area contributed by atoms with Gasteiger partial charge in [0.05, 0.1) is 42.1 Å². The first-order valence-electron chi connectivity index (χ1n) is 9.36. The van der Waals surface area contributed by atoms with Gasteiger partial charge in [-0.1, -0.05) is 41.5 Å². The fourth-order valence-electron chi connectivity index (χ4n) is 3.35. The van der Waals surface area contributed by atoms with Gasteiger partial charge in [-0.15, -0.1) is 6.42 Å². The molecule has 0 saturated heterocycles. The number of thiazole rings is 1. The molecule has 0 fully saturated rings. The molecule has 0 N–H and O–H groups in total. The van der Waals surface area contributed by atoms with Crippen molar-refractivity contribution in [2.45, 2.75) is 6.54 Å². The van der Waals surface area contributed by atoms with E-state index in [0.29, 0.717) is 21.7 Å². The highest BCUT2D eigenvalue weighted by Crippen LogP contribution is 2.27. The molecule has 1 heterocycles. The normalized spacial score (nSPS) is 11.5. The summed E-state index contributed by atoms with van der Waals surface area (Å²) in [7, 11) is 2.85. The first-order valence-corrected chi connectivity index (χ1v) is 10.2. The van der Waals surface area contributed by atoms with Crippen LogP contribution >= 0.6 is 11.3 Å². The van der Waals surface area contributed by atoms with E-state index < -0.39 is 11.9 Å². The second-order valence-corrected chi connectivity index (χ2v) is 7.67. The molecule has 154 valence electrons. The Hall–Kier alpha value is -3.89. The first kappa shape index (κ1) is 20.4. The molecule has 0 aliphatic heterocycles. The minimum Gasteiger partial charge on any atom is -0.496 e. The smallest absolute Gasteiger partial charge is 0.337 e. The lowest BCUT2D eigenvalue weighted by Gasteiger charge is -2.07. The molecule has 4 aromatic rings. The Morgan fingerprint density at radius 3 is 2.52 bits per heavy atom. The van der Waals surface area contributed by atoms with Crippen molar-refractivity contribution in [1.82, 2.24) is 4.57 Å². The molecule has 0 bridgehead atoms. The third kappa shape index (κ3) is 3.81. The Bertz CT molecular complexity index is 1440. The van der Waals surface area contributed by atoms with Crippen LogP contribution in [-0.2, 0) is 11.3 Å². The largest absolute Gasteiger partial charge is 0.496 e. The molecule has 4 rings (SSSR count). The highest BCUT2D eigenvalue weighted by molar-refractivity contribution is 7.16. The summed E-state index contributed by atoms with van der Waals surface area (Å²) < 4.78 is 12.8. The number of methoxy groups -OCH3 is 2. The Balaban J connectivity index is 1.87. The number of nitrogens with zero attached hydrogens (tertiary/aromatic N) is 2. The minimum absolute atomic E-state index is 0.235. The van der Waals surface area contributed by atoms with Gasteiger partial charge in [-0.2, -0.15) is 4.99 Å². The van der Waals surface area contributed by atoms with Crippen molar-refractivity contribution in [3.8, 4) is 18.1 Å². The van der Waals surface area contributed by atoms with Gasteiger partial charge in [-0.05, 0) is 41.1 Å². The van der Waals surface area contributed by atoms with Gasteiger partial charge in [-0.3, -0.25) is 4.79 Å². The number of amides is 1. The van der Waals surface area contributed by atoms with E-state index in [1.165, 1.54) is 25.6 Å². The third-order valence-electron chi connectivity index (χ3n) is 4.85. The zero-order valence-electron chi connectivity index (χ0n) is 16.9. The second-order valence-electron chi connectivity index (χ2n) is 6.67. The Morgan fingerprint density at radius 1 is 1.10 bits per heavy atom. The topological polar surface area (TPSA) is 69.9 Å². The summed E-state index contributed by atoms with van der Waals surface area (Å²) in [6, 6.07) is 16.4. The van der Waals surface area contributed by atoms with Crippen molar-refractivity contribution in [1.29, 1.82) is 0 Å². The molecule has 0 unspecified atom stereocenters. The van der Waals surface area contributed by atoms with Crippen LogP contribution in [0.2, 0.25) is 0 Å². The van der Waals surface area contributed by atoms with E-state index in [1.807, 2.05) is 30.3 Å². The number of carbonyl (C=O) groups is 2. The highest BCUT2D eigenvalue weighted by atomic mass is 32.1. The Kier molecular flexibility index (Phi) is 5.56. The number of esters is 1. The summed E-state index contributed by atoms with van der Waals surface area (Å²) in [5, 5.41) is 1.88. The van der Waals surface area contributed by atoms with Crippen molar-refractivity contribution < 1.29 is 19.1 Å². The molecule has 1 aromatic heterocycles. The molecule has 0 saturated carbocycles. The predicted octanol–water partition coefficient (Wildman–Crippen LogP) is 4.03. The van der Waals surface area contributed by atoms with Crippen molar-refractivity contribution in [2.75, 3.05) is 14.2 Å². The maximum absolute atomic E-state index is 13.1. The van der Waals surface area contributed by atoms with Gasteiger partial charge in [0.25, 0.3) is 5.91 Å². The van der Waals surface area contributed by atoms with Crippen molar-refractivity contribution in [2.24, 2.45) is 4.99 Å². The van der Waals surface area contributed by atoms with Gasteiger partial charge in [0.2, 0.25) is 0 Å². The maximum Gasteiger partial charge on any atom is 0.337 e. The number of hydrogen-bond donors (Lipinski definition) is 0. The van der Waals surface area contributed by atoms with E-state index in [2.05, 4.69) is 10.9 Å². The van der Waals surface area contributed by atoms with Crippen molar-refractivity contribution in [3.05, 3.63) is 70.5 Å². The monoisotopic (exact) mass is 430 g/mol. The zero-order valence-corrected chi connectivity index (χ0v) is 17.7. The molecule has 0 aliphatic rings. The molecule has 0 spiro atoms. The van der Waals surface area contributed by atoms with Crippen LogP contribution in [0.1, 0.15) is 20.7 Å². The van der Waals surface area contributed by atoms with Crippen LogP contribution in [0.5, 0.6) is 5.75 Å². The molecule has 0 radical (unpaired) electrons. The fourth-order valence-corrected chi connectivity index (χ4v) is 4.42. The van der Waals surface area contributed by atoms with Crippen LogP contribution in [0, 0.1) is 12.3 Å². The summed E-state index contributed by atoms with van der Waals surface area (Å²) in [5.41, 5.74) is 1.56. The van der Waals surface area contributed by atoms with Crippen molar-refractivity contribution >= 4 is 44.2 Å². The molecule has 0 aliphatic carbocycles. The van der Waals surface area contributed by atoms with E-state index in [9.17, 15) is 9.59 Å². The molecular weight excluding hydrogens is 412 g/mol. The van der Waals surface area contributed by atoms with Crippen LogP contribution in [0.15, 0.2) is 59.6 Å². The van der Waals surface area contributed by atoms with Gasteiger partial charge in [-0.25, -0.2) is 4.79 Å². The second kappa shape index (κ2) is 8.46. The molecule has 6 nitrogen and oxygen atoms in total. The maximum atomic E-state index is 13.1. The minimum atomic E-state index is -0.437. The first-order chi connectivity index (χ1) is 15.0. The molecule has 7 heteroatoms. The molecule has 31 heavy (non-hydrogen) atoms. The number of carbonyl (C=O) groups excluding carboxylic acids is 2. The van der Waals surface area contributed by atoms with Gasteiger partial charge >= 0.3 is 5.97 Å². The van der Waals surface area contributed by atoms with E-state index in [4.69, 9.17) is 15.9 Å². The number of benzene rings is 3. The summed E-state index contributed by atoms with van der Waals surface area (Å²) in [4.78, 5) is 29.8. The highest BCUT2D eigenvalue weighted by Gasteiger charge is 2.15. The number of ether oxygens (including phenoxy) is 2. The Morgan fingerprint density at radius 2 is 1.84 bits per heavy atom. The average molecular weight is 430 g/mol. The fraction of sp³-hybridized carbons (Fsp3) is 0.125. The number of rotatable bonds is 4. The average Bonchev–Trinajstić information content (AvgIpc) is 3.13. The van der Waals surface area contributed by atoms with E-state index in [0.717, 1.165) is 21.0 Å². The van der Waals surface area contributed by atoms with Gasteiger partial charge in [0.15, 0.2) is 4.80 Å². The number of terminal acetylenes is 1. The lowest BCUT2D eigenvalue weighted by atomic mass is 10.1. The van der Waals surface area contributed by atoms with Crippen LogP contribution in [-0.4, -0.2) is 30.7 Å². The number of fused-ring (bicyclic) bond motifs is 2. The molecular formula is C24H18N2O4S. The predicted molar refractivity (Wildman–Crippen MR) is 120 cm³/mol. The Labute approximate surface area is 182 Å². The molecule has 3 aromatic carbocycles. The molecule has 0 atom stereocenters. The summed E-state index contributed by atoms with van der Waals surface area (Å²) in [6.07, 6.45) is 5.54. The van der Waals surface area contributed by atoms with Crippen molar-refractivity contribution in [3.63, 3.8) is 0 Å². The van der Waals surface area contributed by atoms with E-state index in [-0.39, 0.29) is 6.54 Å². The lowest BCUT2D eigenvalue weighted by molar-refractivity contribution is 0.0600. The van der Waals surface area contributed by atoms with Crippen LogP contribution < -0.4 is 9.54 Å². The van der Waals surface area contributed by atoms with Crippen LogP contribution in [0.25, 0.3) is 21.0 Å². The van der Waals surface area contributed by atoms with E-state index in [1.54, 1.807) is 28.8 Å². The summed E-state index contributed by atoms with van der Waals surface area (Å²) in [5.74, 6) is 2.17. The third-order valence-corrected chi connectivity index (χ3v) is 5.89. The van der Waals surface area contributed by atoms with Crippen LogP contribution in [0.4, 0.5) is 0 Å². The van der Waals surface area contributed by atoms with Crippen LogP contribution in [0.3, 0.4) is 0 Å². The number of aromatic nitrogens is 1. The lowest BCUT2D eigenvalue weighted by Crippen LogP contribution is -2.16. The quantitative estimate of drug-likeness (QED) is 0.362. The van der Waals surface area contributed by atoms with E-state index >= 15 is 0 Å². The zero-order chi connectivity index (χ0) is 22.0. The number of hydrogen-bond acceptors (Lipinski definition) is 5. The summed E-state index contributed by atoms with van der Waals surface area (Å²) >= 11 is 1.28. The molecule has 1 amide bonds. The van der Waals surface area contributed by atoms with Gasteiger partial charge in [0.1, 0.15) is 5.75 Å².